The van der Waals surface area contributed by atoms with Crippen LogP contribution in [0.4, 0.5) is 11.5 Å². The highest BCUT2D eigenvalue weighted by Gasteiger charge is 2.14. The maximum Gasteiger partial charge on any atom is 0.311 e. The van der Waals surface area contributed by atoms with Crippen LogP contribution >= 0.6 is 0 Å². The molecule has 1 rings (SSSR count). The van der Waals surface area contributed by atoms with Gasteiger partial charge in [0.2, 0.25) is 5.82 Å². The molecule has 0 spiro atoms. The van der Waals surface area contributed by atoms with E-state index in [-0.39, 0.29) is 11.5 Å². The Hall–Kier alpha value is -1.73. The Labute approximate surface area is 105 Å². The maximum absolute atomic E-state index is 10.8. The van der Waals surface area contributed by atoms with Gasteiger partial charge >= 0.3 is 5.69 Å². The SMILES string of the molecule is COCCOCCNc1ncc(C)cc1[N+](=O)[O-]. The van der Waals surface area contributed by atoms with Gasteiger partial charge in [-0.1, -0.05) is 0 Å². The van der Waals surface area contributed by atoms with Crippen LogP contribution in [0.3, 0.4) is 0 Å². The summed E-state index contributed by atoms with van der Waals surface area (Å²) in [5, 5.41) is 13.7. The smallest absolute Gasteiger partial charge is 0.311 e. The third-order valence-electron chi connectivity index (χ3n) is 2.17. The molecule has 1 N–H and O–H groups in total. The van der Waals surface area contributed by atoms with Crippen LogP contribution in [0, 0.1) is 17.0 Å². The summed E-state index contributed by atoms with van der Waals surface area (Å²) in [6.07, 6.45) is 1.58. The molecule has 100 valence electrons. The van der Waals surface area contributed by atoms with Crippen LogP contribution < -0.4 is 5.32 Å². The Balaban J connectivity index is 2.44. The molecule has 0 aliphatic rings. The number of methoxy groups -OCH3 is 1. The van der Waals surface area contributed by atoms with Crippen molar-refractivity contribution in [2.24, 2.45) is 0 Å². The molecule has 0 aliphatic carbocycles. The second kappa shape index (κ2) is 7.57. The minimum atomic E-state index is -0.450. The summed E-state index contributed by atoms with van der Waals surface area (Å²) in [5.74, 6) is 0.265. The van der Waals surface area contributed by atoms with E-state index in [1.165, 1.54) is 6.07 Å². The van der Waals surface area contributed by atoms with Crippen molar-refractivity contribution >= 4 is 11.5 Å². The van der Waals surface area contributed by atoms with Crippen molar-refractivity contribution in [1.29, 1.82) is 0 Å². The largest absolute Gasteiger partial charge is 0.382 e. The highest BCUT2D eigenvalue weighted by atomic mass is 16.6. The molecule has 1 aromatic rings. The average Bonchev–Trinajstić information content (AvgIpc) is 2.35. The van der Waals surface area contributed by atoms with Crippen molar-refractivity contribution in [3.63, 3.8) is 0 Å². The minimum absolute atomic E-state index is 0.0214. The molecule has 0 bridgehead atoms. The number of nitro groups is 1. The van der Waals surface area contributed by atoms with E-state index in [4.69, 9.17) is 9.47 Å². The molecule has 0 fully saturated rings. The van der Waals surface area contributed by atoms with Gasteiger partial charge < -0.3 is 14.8 Å². The Morgan fingerprint density at radius 1 is 1.44 bits per heavy atom. The number of nitrogens with zero attached hydrogens (tertiary/aromatic N) is 2. The summed E-state index contributed by atoms with van der Waals surface area (Å²) < 4.78 is 10.1. The lowest BCUT2D eigenvalue weighted by molar-refractivity contribution is -0.384. The monoisotopic (exact) mass is 255 g/mol. The van der Waals surface area contributed by atoms with Crippen LogP contribution in [-0.2, 0) is 9.47 Å². The van der Waals surface area contributed by atoms with E-state index in [9.17, 15) is 10.1 Å². The summed E-state index contributed by atoms with van der Waals surface area (Å²) in [5.41, 5.74) is 0.732. The van der Waals surface area contributed by atoms with E-state index in [1.54, 1.807) is 20.2 Å². The first kappa shape index (κ1) is 14.3. The summed E-state index contributed by atoms with van der Waals surface area (Å²) in [7, 11) is 1.60. The Kier molecular flexibility index (Phi) is 6.03. The van der Waals surface area contributed by atoms with Crippen LogP contribution in [0.1, 0.15) is 5.56 Å². The molecule has 0 saturated heterocycles. The van der Waals surface area contributed by atoms with Gasteiger partial charge in [-0.15, -0.1) is 0 Å². The molecule has 0 saturated carbocycles. The lowest BCUT2D eigenvalue weighted by atomic mass is 10.3. The Morgan fingerprint density at radius 2 is 2.22 bits per heavy atom. The van der Waals surface area contributed by atoms with Crippen molar-refractivity contribution in [1.82, 2.24) is 4.98 Å². The second-order valence-corrected chi connectivity index (χ2v) is 3.67. The molecule has 0 atom stereocenters. The van der Waals surface area contributed by atoms with Gasteiger partial charge in [-0.2, -0.15) is 0 Å². The van der Waals surface area contributed by atoms with E-state index in [0.29, 0.717) is 26.4 Å². The van der Waals surface area contributed by atoms with Crippen LogP contribution in [0.5, 0.6) is 0 Å². The normalized spacial score (nSPS) is 10.3. The summed E-state index contributed by atoms with van der Waals surface area (Å²) in [6.45, 7) is 3.69. The molecular weight excluding hydrogens is 238 g/mol. The van der Waals surface area contributed by atoms with Gasteiger partial charge in [-0.25, -0.2) is 4.98 Å². The molecule has 0 aromatic carbocycles. The third kappa shape index (κ3) is 4.64. The van der Waals surface area contributed by atoms with Crippen molar-refractivity contribution in [3.8, 4) is 0 Å². The number of anilines is 1. The minimum Gasteiger partial charge on any atom is -0.382 e. The number of aryl methyl sites for hydroxylation is 1. The fourth-order valence-corrected chi connectivity index (χ4v) is 1.32. The van der Waals surface area contributed by atoms with Crippen LogP contribution in [0.15, 0.2) is 12.3 Å². The number of rotatable bonds is 8. The van der Waals surface area contributed by atoms with Crippen molar-refractivity contribution in [2.45, 2.75) is 6.92 Å². The molecule has 1 heterocycles. The topological polar surface area (TPSA) is 86.5 Å². The molecule has 0 radical (unpaired) electrons. The van der Waals surface area contributed by atoms with E-state index in [2.05, 4.69) is 10.3 Å². The summed E-state index contributed by atoms with van der Waals surface area (Å²) >= 11 is 0. The zero-order chi connectivity index (χ0) is 13.4. The number of hydrogen-bond donors (Lipinski definition) is 1. The molecule has 18 heavy (non-hydrogen) atoms. The summed E-state index contributed by atoms with van der Waals surface area (Å²) in [6, 6.07) is 1.49. The molecule has 7 heteroatoms. The number of aromatic nitrogens is 1. The molecule has 0 amide bonds. The highest BCUT2D eigenvalue weighted by molar-refractivity contribution is 5.56. The van der Waals surface area contributed by atoms with Gasteiger partial charge in [-0.05, 0) is 12.5 Å². The summed E-state index contributed by atoms with van der Waals surface area (Å²) in [4.78, 5) is 14.4. The lowest BCUT2D eigenvalue weighted by Gasteiger charge is -2.07. The molecular formula is C11H17N3O4. The second-order valence-electron chi connectivity index (χ2n) is 3.67. The van der Waals surface area contributed by atoms with Crippen LogP contribution in [-0.4, -0.2) is 43.4 Å². The highest BCUT2D eigenvalue weighted by Crippen LogP contribution is 2.21. The van der Waals surface area contributed by atoms with E-state index in [1.807, 2.05) is 0 Å². The predicted octanol–water partition coefficient (Wildman–Crippen LogP) is 1.37. The predicted molar refractivity (Wildman–Crippen MR) is 66.8 cm³/mol. The number of ether oxygens (including phenoxy) is 2. The van der Waals surface area contributed by atoms with Crippen molar-refractivity contribution in [3.05, 3.63) is 27.9 Å². The first-order valence-electron chi connectivity index (χ1n) is 5.56. The number of hydrogen-bond acceptors (Lipinski definition) is 6. The van der Waals surface area contributed by atoms with E-state index in [0.717, 1.165) is 5.56 Å². The van der Waals surface area contributed by atoms with Gasteiger partial charge in [0, 0.05) is 25.9 Å². The average molecular weight is 255 g/mol. The third-order valence-corrected chi connectivity index (χ3v) is 2.17. The van der Waals surface area contributed by atoms with Crippen molar-refractivity contribution < 1.29 is 14.4 Å². The van der Waals surface area contributed by atoms with Gasteiger partial charge in [0.1, 0.15) is 0 Å². The first-order chi connectivity index (χ1) is 8.65. The van der Waals surface area contributed by atoms with Gasteiger partial charge in [0.15, 0.2) is 0 Å². The van der Waals surface area contributed by atoms with Crippen LogP contribution in [0.2, 0.25) is 0 Å². The molecule has 7 nitrogen and oxygen atoms in total. The van der Waals surface area contributed by atoms with Crippen molar-refractivity contribution in [2.75, 3.05) is 38.8 Å². The van der Waals surface area contributed by atoms with Gasteiger partial charge in [0.05, 0.1) is 24.7 Å². The van der Waals surface area contributed by atoms with E-state index < -0.39 is 4.92 Å². The zero-order valence-electron chi connectivity index (χ0n) is 10.5. The van der Waals surface area contributed by atoms with Gasteiger partial charge in [-0.3, -0.25) is 10.1 Å². The lowest BCUT2D eigenvalue weighted by Crippen LogP contribution is -2.13. The quantitative estimate of drug-likeness (QED) is 0.429. The van der Waals surface area contributed by atoms with Crippen LogP contribution in [0.25, 0.3) is 0 Å². The maximum atomic E-state index is 10.8. The number of nitrogens with one attached hydrogen (secondary N) is 1. The fourth-order valence-electron chi connectivity index (χ4n) is 1.32. The Morgan fingerprint density at radius 3 is 2.89 bits per heavy atom. The van der Waals surface area contributed by atoms with E-state index >= 15 is 0 Å². The Bertz CT molecular complexity index is 398. The fraction of sp³-hybridized carbons (Fsp3) is 0.545. The first-order valence-corrected chi connectivity index (χ1v) is 5.56. The van der Waals surface area contributed by atoms with Gasteiger partial charge in [0.25, 0.3) is 0 Å². The molecule has 0 aliphatic heterocycles. The number of pyridine rings is 1. The molecule has 1 aromatic heterocycles. The standard InChI is InChI=1S/C11H17N3O4/c1-9-7-10(14(15)16)11(13-8-9)12-3-4-18-6-5-17-2/h7-8H,3-6H2,1-2H3,(H,12,13). The zero-order valence-corrected chi connectivity index (χ0v) is 10.5. The molecule has 0 unspecified atom stereocenters.